The van der Waals surface area contributed by atoms with Crippen LogP contribution in [0.25, 0.3) is 0 Å². The average Bonchev–Trinajstić information content (AvgIpc) is 2.39. The first-order valence-corrected chi connectivity index (χ1v) is 7.46. The van der Waals surface area contributed by atoms with Gasteiger partial charge in [-0.25, -0.2) is 0 Å². The maximum atomic E-state index is 11.0. The van der Waals surface area contributed by atoms with Gasteiger partial charge in [0.2, 0.25) is 0 Å². The lowest BCUT2D eigenvalue weighted by atomic mass is 9.67. The van der Waals surface area contributed by atoms with Crippen molar-refractivity contribution in [3.63, 3.8) is 0 Å². The molecular formula is C17H24O. The normalized spacial score (nSPS) is 36.1. The Morgan fingerprint density at radius 3 is 2.44 bits per heavy atom. The quantitative estimate of drug-likeness (QED) is 0.798. The van der Waals surface area contributed by atoms with Gasteiger partial charge in [0.15, 0.2) is 0 Å². The zero-order valence-electron chi connectivity index (χ0n) is 11.4. The summed E-state index contributed by atoms with van der Waals surface area (Å²) in [4.78, 5) is 0. The summed E-state index contributed by atoms with van der Waals surface area (Å²) < 4.78 is 0. The Morgan fingerprint density at radius 2 is 1.72 bits per heavy atom. The van der Waals surface area contributed by atoms with E-state index in [-0.39, 0.29) is 0 Å². The predicted molar refractivity (Wildman–Crippen MR) is 74.5 cm³/mol. The van der Waals surface area contributed by atoms with Crippen LogP contribution in [0.3, 0.4) is 0 Å². The Kier molecular flexibility index (Phi) is 3.19. The molecule has 0 bridgehead atoms. The van der Waals surface area contributed by atoms with Crippen LogP contribution in [0.4, 0.5) is 0 Å². The maximum Gasteiger partial charge on any atom is 0.0719 e. The second-order valence-corrected chi connectivity index (χ2v) is 6.51. The molecule has 18 heavy (non-hydrogen) atoms. The van der Waals surface area contributed by atoms with E-state index in [4.69, 9.17) is 0 Å². The van der Waals surface area contributed by atoms with E-state index >= 15 is 0 Å². The van der Waals surface area contributed by atoms with Crippen LogP contribution in [-0.2, 0) is 12.8 Å². The van der Waals surface area contributed by atoms with Crippen LogP contribution < -0.4 is 0 Å². The van der Waals surface area contributed by atoms with Crippen molar-refractivity contribution in [3.05, 3.63) is 35.4 Å². The lowest BCUT2D eigenvalue weighted by molar-refractivity contribution is -0.0479. The molecule has 1 aromatic carbocycles. The third-order valence-electron chi connectivity index (χ3n) is 5.22. The van der Waals surface area contributed by atoms with Crippen molar-refractivity contribution in [1.29, 1.82) is 0 Å². The highest BCUT2D eigenvalue weighted by Crippen LogP contribution is 2.42. The molecule has 1 unspecified atom stereocenters. The number of hydrogen-bond donors (Lipinski definition) is 1. The first-order valence-electron chi connectivity index (χ1n) is 7.46. The van der Waals surface area contributed by atoms with Gasteiger partial charge in [0.1, 0.15) is 0 Å². The fourth-order valence-corrected chi connectivity index (χ4v) is 3.89. The summed E-state index contributed by atoms with van der Waals surface area (Å²) in [6.45, 7) is 2.34. The monoisotopic (exact) mass is 244 g/mol. The zero-order chi connectivity index (χ0) is 12.6. The fourth-order valence-electron chi connectivity index (χ4n) is 3.89. The second kappa shape index (κ2) is 4.70. The van der Waals surface area contributed by atoms with Crippen LogP contribution in [-0.4, -0.2) is 10.7 Å². The topological polar surface area (TPSA) is 20.2 Å². The molecule has 1 heteroatoms. The zero-order valence-corrected chi connectivity index (χ0v) is 11.4. The second-order valence-electron chi connectivity index (χ2n) is 6.51. The third kappa shape index (κ3) is 2.21. The first kappa shape index (κ1) is 12.2. The molecule has 1 saturated carbocycles. The predicted octanol–water partition coefficient (Wildman–Crippen LogP) is 3.73. The highest BCUT2D eigenvalue weighted by atomic mass is 16.3. The van der Waals surface area contributed by atoms with E-state index in [1.165, 1.54) is 36.8 Å². The number of fused-ring (bicyclic) bond motifs is 1. The van der Waals surface area contributed by atoms with Crippen molar-refractivity contribution in [2.24, 2.45) is 11.8 Å². The number of aryl methyl sites for hydroxylation is 1. The molecule has 0 aliphatic heterocycles. The fraction of sp³-hybridized carbons (Fsp3) is 0.647. The third-order valence-corrected chi connectivity index (χ3v) is 5.22. The van der Waals surface area contributed by atoms with Gasteiger partial charge in [-0.1, -0.05) is 44.0 Å². The Labute approximate surface area is 110 Å². The van der Waals surface area contributed by atoms with Crippen molar-refractivity contribution in [2.45, 2.75) is 57.5 Å². The van der Waals surface area contributed by atoms with Gasteiger partial charge in [-0.3, -0.25) is 0 Å². The summed E-state index contributed by atoms with van der Waals surface area (Å²) in [5.41, 5.74) is 2.41. The van der Waals surface area contributed by atoms with E-state index in [2.05, 4.69) is 31.2 Å². The van der Waals surface area contributed by atoms with Gasteiger partial charge < -0.3 is 5.11 Å². The van der Waals surface area contributed by atoms with Crippen LogP contribution in [0.15, 0.2) is 24.3 Å². The van der Waals surface area contributed by atoms with E-state index in [1.54, 1.807) is 0 Å². The smallest absolute Gasteiger partial charge is 0.0719 e. The van der Waals surface area contributed by atoms with Crippen LogP contribution in [0, 0.1) is 11.8 Å². The van der Waals surface area contributed by atoms with E-state index < -0.39 is 5.60 Å². The minimum atomic E-state index is -0.422. The first-order chi connectivity index (χ1) is 8.67. The standard InChI is InChI=1S/C17H24O/c1-13-6-8-16(9-7-13)17(18)11-10-14-4-2-3-5-15(14)12-17/h2-5,13,16,18H,6-12H2,1H3. The van der Waals surface area contributed by atoms with Crippen molar-refractivity contribution >= 4 is 0 Å². The van der Waals surface area contributed by atoms with E-state index in [9.17, 15) is 5.11 Å². The Hall–Kier alpha value is -0.820. The molecule has 98 valence electrons. The van der Waals surface area contributed by atoms with E-state index in [1.807, 2.05) is 0 Å². The summed E-state index contributed by atoms with van der Waals surface area (Å²) in [5, 5.41) is 11.0. The minimum absolute atomic E-state index is 0.422. The summed E-state index contributed by atoms with van der Waals surface area (Å²) >= 11 is 0. The number of hydrogen-bond acceptors (Lipinski definition) is 1. The average molecular weight is 244 g/mol. The minimum Gasteiger partial charge on any atom is -0.389 e. The molecule has 0 saturated heterocycles. The van der Waals surface area contributed by atoms with Crippen molar-refractivity contribution < 1.29 is 5.11 Å². The Morgan fingerprint density at radius 1 is 1.06 bits per heavy atom. The van der Waals surface area contributed by atoms with Gasteiger partial charge in [0, 0.05) is 6.42 Å². The molecule has 1 fully saturated rings. The lowest BCUT2D eigenvalue weighted by Crippen LogP contribution is -2.44. The SMILES string of the molecule is CC1CCC(C2(O)CCc3ccccc3C2)CC1. The molecule has 0 aromatic heterocycles. The molecule has 1 atom stereocenters. The maximum absolute atomic E-state index is 11.0. The molecular weight excluding hydrogens is 220 g/mol. The molecule has 2 aliphatic carbocycles. The molecule has 2 aliphatic rings. The van der Waals surface area contributed by atoms with Crippen LogP contribution in [0.5, 0.6) is 0 Å². The van der Waals surface area contributed by atoms with Crippen LogP contribution in [0.1, 0.15) is 50.2 Å². The molecule has 0 amide bonds. The van der Waals surface area contributed by atoms with Crippen molar-refractivity contribution in [1.82, 2.24) is 0 Å². The molecule has 1 nitrogen and oxygen atoms in total. The molecule has 1 N–H and O–H groups in total. The summed E-state index contributed by atoms with van der Waals surface area (Å²) in [7, 11) is 0. The number of aliphatic hydroxyl groups is 1. The molecule has 0 heterocycles. The van der Waals surface area contributed by atoms with Gasteiger partial charge in [0.05, 0.1) is 5.60 Å². The molecule has 0 spiro atoms. The highest BCUT2D eigenvalue weighted by Gasteiger charge is 2.40. The van der Waals surface area contributed by atoms with Gasteiger partial charge >= 0.3 is 0 Å². The van der Waals surface area contributed by atoms with Gasteiger partial charge in [-0.05, 0) is 48.6 Å². The van der Waals surface area contributed by atoms with E-state index in [0.29, 0.717) is 5.92 Å². The van der Waals surface area contributed by atoms with Crippen molar-refractivity contribution in [2.75, 3.05) is 0 Å². The van der Waals surface area contributed by atoms with Gasteiger partial charge in [-0.2, -0.15) is 0 Å². The van der Waals surface area contributed by atoms with Gasteiger partial charge in [-0.15, -0.1) is 0 Å². The van der Waals surface area contributed by atoms with Crippen molar-refractivity contribution in [3.8, 4) is 0 Å². The summed E-state index contributed by atoms with van der Waals surface area (Å²) in [6, 6.07) is 8.64. The van der Waals surface area contributed by atoms with Gasteiger partial charge in [0.25, 0.3) is 0 Å². The van der Waals surface area contributed by atoms with Crippen LogP contribution >= 0.6 is 0 Å². The molecule has 1 aromatic rings. The van der Waals surface area contributed by atoms with E-state index in [0.717, 1.165) is 25.2 Å². The Balaban J connectivity index is 1.77. The summed E-state index contributed by atoms with van der Waals surface area (Å²) in [6.07, 6.45) is 7.94. The lowest BCUT2D eigenvalue weighted by Gasteiger charge is -2.43. The largest absolute Gasteiger partial charge is 0.389 e. The molecule has 3 rings (SSSR count). The summed E-state index contributed by atoms with van der Waals surface area (Å²) in [5.74, 6) is 1.39. The highest BCUT2D eigenvalue weighted by molar-refractivity contribution is 5.31. The molecule has 0 radical (unpaired) electrons. The number of benzene rings is 1. The van der Waals surface area contributed by atoms with Crippen LogP contribution in [0.2, 0.25) is 0 Å². The Bertz CT molecular complexity index is 417. The number of rotatable bonds is 1.